The number of hydrogen-bond donors (Lipinski definition) is 3. The molecule has 1 aliphatic carbocycles. The summed E-state index contributed by atoms with van der Waals surface area (Å²) in [6.45, 7) is 5.10. The van der Waals surface area contributed by atoms with Gasteiger partial charge in [-0.05, 0) is 48.9 Å². The van der Waals surface area contributed by atoms with Crippen molar-refractivity contribution in [2.75, 3.05) is 11.1 Å². The Bertz CT molecular complexity index is 1040. The van der Waals surface area contributed by atoms with Gasteiger partial charge in [-0.15, -0.1) is 0 Å². The number of nitrogen functional groups attached to an aromatic ring is 1. The first-order valence-electron chi connectivity index (χ1n) is 9.82. The third-order valence-corrected chi connectivity index (χ3v) is 6.26. The van der Waals surface area contributed by atoms with E-state index < -0.39 is 0 Å². The molecule has 1 fully saturated rings. The van der Waals surface area contributed by atoms with Gasteiger partial charge in [0.1, 0.15) is 16.5 Å². The second-order valence-electron chi connectivity index (χ2n) is 8.36. The largest absolute Gasteiger partial charge is 0.382 e. The summed E-state index contributed by atoms with van der Waals surface area (Å²) in [7, 11) is 0. The molecule has 1 saturated carbocycles. The van der Waals surface area contributed by atoms with Gasteiger partial charge < -0.3 is 20.9 Å². The lowest BCUT2D eigenvalue weighted by molar-refractivity contribution is 0.100. The Morgan fingerprint density at radius 3 is 2.83 bits per heavy atom. The van der Waals surface area contributed by atoms with E-state index >= 15 is 0 Å². The number of nitrogens with zero attached hydrogens (tertiary/aromatic N) is 2. The molecule has 2 aromatic heterocycles. The van der Waals surface area contributed by atoms with Crippen molar-refractivity contribution in [3.63, 3.8) is 0 Å². The van der Waals surface area contributed by atoms with E-state index in [-0.39, 0.29) is 28.1 Å². The Kier molecular flexibility index (Phi) is 5.57. The van der Waals surface area contributed by atoms with Crippen molar-refractivity contribution in [1.29, 1.82) is 0 Å². The summed E-state index contributed by atoms with van der Waals surface area (Å²) in [6.07, 6.45) is 3.46. The molecule has 3 aromatic rings. The fourth-order valence-corrected chi connectivity index (χ4v) is 4.53. The molecule has 4 N–H and O–H groups in total. The minimum Gasteiger partial charge on any atom is -0.382 e. The van der Waals surface area contributed by atoms with Gasteiger partial charge in [-0.1, -0.05) is 30.3 Å². The molecule has 0 saturated heterocycles. The Hall–Kier alpha value is -2.78. The van der Waals surface area contributed by atoms with Crippen LogP contribution in [0.2, 0.25) is 0 Å². The van der Waals surface area contributed by atoms with E-state index in [1.165, 1.54) is 18.6 Å². The second-order valence-corrected chi connectivity index (χ2v) is 9.36. The van der Waals surface area contributed by atoms with Crippen LogP contribution in [0, 0.1) is 11.2 Å². The van der Waals surface area contributed by atoms with Crippen LogP contribution in [0.25, 0.3) is 0 Å². The number of aromatic nitrogens is 2. The van der Waals surface area contributed by atoms with E-state index in [1.54, 1.807) is 18.2 Å². The molecule has 2 heterocycles. The monoisotopic (exact) mass is 429 g/mol. The highest BCUT2D eigenvalue weighted by molar-refractivity contribution is 7.18. The summed E-state index contributed by atoms with van der Waals surface area (Å²) in [5, 5.41) is 10.9. The van der Waals surface area contributed by atoms with E-state index in [9.17, 15) is 9.18 Å². The molecule has 30 heavy (non-hydrogen) atoms. The van der Waals surface area contributed by atoms with Crippen LogP contribution in [-0.4, -0.2) is 22.0 Å². The Morgan fingerprint density at radius 2 is 2.13 bits per heavy atom. The summed E-state index contributed by atoms with van der Waals surface area (Å²) in [6, 6.07) is 7.92. The summed E-state index contributed by atoms with van der Waals surface area (Å²) in [5.41, 5.74) is 7.62. The van der Waals surface area contributed by atoms with Gasteiger partial charge >= 0.3 is 0 Å². The Labute approximate surface area is 177 Å². The van der Waals surface area contributed by atoms with Gasteiger partial charge in [0, 0.05) is 24.3 Å². The average molecular weight is 430 g/mol. The average Bonchev–Trinajstić information content (AvgIpc) is 3.40. The van der Waals surface area contributed by atoms with Gasteiger partial charge in [0.2, 0.25) is 11.5 Å². The summed E-state index contributed by atoms with van der Waals surface area (Å²) in [5.74, 6) is -0.457. The van der Waals surface area contributed by atoms with Crippen molar-refractivity contribution in [3.05, 3.63) is 52.5 Å². The van der Waals surface area contributed by atoms with Crippen LogP contribution in [0.1, 0.15) is 54.2 Å². The van der Waals surface area contributed by atoms with Gasteiger partial charge in [0.15, 0.2) is 5.13 Å². The number of anilines is 3. The molecule has 0 radical (unpaired) electrons. The molecule has 158 valence electrons. The highest BCUT2D eigenvalue weighted by Crippen LogP contribution is 2.37. The number of benzene rings is 1. The molecule has 1 atom stereocenters. The molecule has 9 heteroatoms. The molecule has 1 unspecified atom stereocenters. The smallest absolute Gasteiger partial charge is 0.244 e. The van der Waals surface area contributed by atoms with Gasteiger partial charge in [-0.3, -0.25) is 4.79 Å². The maximum atomic E-state index is 13.0. The topological polar surface area (TPSA) is 106 Å². The van der Waals surface area contributed by atoms with Crippen LogP contribution in [0.3, 0.4) is 0 Å². The van der Waals surface area contributed by atoms with Crippen LogP contribution in [0.5, 0.6) is 0 Å². The number of halogens is 1. The molecular formula is C21H24FN5O2S. The maximum Gasteiger partial charge on any atom is 0.244 e. The first kappa shape index (κ1) is 20.5. The number of hydrogen-bond acceptors (Lipinski definition) is 8. The lowest BCUT2D eigenvalue weighted by Gasteiger charge is -2.17. The zero-order valence-electron chi connectivity index (χ0n) is 16.9. The first-order valence-corrected chi connectivity index (χ1v) is 10.6. The third-order valence-electron chi connectivity index (χ3n) is 5.28. The fourth-order valence-electron chi connectivity index (χ4n) is 3.68. The maximum absolute atomic E-state index is 13.0. The molecular weight excluding hydrogens is 405 g/mol. The van der Waals surface area contributed by atoms with Crippen molar-refractivity contribution in [1.82, 2.24) is 15.5 Å². The quantitative estimate of drug-likeness (QED) is 0.475. The highest BCUT2D eigenvalue weighted by atomic mass is 32.1. The van der Waals surface area contributed by atoms with E-state index in [4.69, 9.17) is 10.3 Å². The molecule has 1 aliphatic rings. The SMILES string of the molecule is CC1(C)CCC(NCc2cc(C(=O)c3sc(Nc4ccc(F)cc4)nc3N)on2)C1. The normalized spacial score (nSPS) is 17.9. The van der Waals surface area contributed by atoms with Crippen molar-refractivity contribution in [3.8, 4) is 0 Å². The Morgan fingerprint density at radius 1 is 1.37 bits per heavy atom. The molecule has 0 bridgehead atoms. The molecule has 0 aliphatic heterocycles. The molecule has 4 rings (SSSR count). The van der Waals surface area contributed by atoms with Crippen molar-refractivity contribution < 1.29 is 13.7 Å². The number of rotatable bonds is 7. The third kappa shape index (κ3) is 4.68. The number of carbonyl (C=O) groups is 1. The minimum atomic E-state index is -0.363. The van der Waals surface area contributed by atoms with Gasteiger partial charge in [-0.2, -0.15) is 0 Å². The molecule has 0 spiro atoms. The zero-order chi connectivity index (χ0) is 21.3. The predicted octanol–water partition coefficient (Wildman–Crippen LogP) is 4.50. The summed E-state index contributed by atoms with van der Waals surface area (Å²) in [4.78, 5) is 17.2. The molecule has 7 nitrogen and oxygen atoms in total. The molecule has 1 aromatic carbocycles. The number of carbonyl (C=O) groups excluding carboxylic acids is 1. The first-order chi connectivity index (χ1) is 14.3. The fraction of sp³-hybridized carbons (Fsp3) is 0.381. The predicted molar refractivity (Wildman–Crippen MR) is 114 cm³/mol. The number of ketones is 1. The van der Waals surface area contributed by atoms with Crippen LogP contribution < -0.4 is 16.4 Å². The summed E-state index contributed by atoms with van der Waals surface area (Å²) < 4.78 is 18.3. The van der Waals surface area contributed by atoms with E-state index in [0.29, 0.717) is 34.5 Å². The lowest BCUT2D eigenvalue weighted by Crippen LogP contribution is -2.26. The van der Waals surface area contributed by atoms with Crippen LogP contribution in [-0.2, 0) is 6.54 Å². The number of thiazole rings is 1. The van der Waals surface area contributed by atoms with Crippen LogP contribution >= 0.6 is 11.3 Å². The van der Waals surface area contributed by atoms with Crippen molar-refractivity contribution >= 4 is 33.8 Å². The second kappa shape index (κ2) is 8.16. The zero-order valence-corrected chi connectivity index (χ0v) is 17.7. The van der Waals surface area contributed by atoms with Gasteiger partial charge in [-0.25, -0.2) is 9.37 Å². The summed E-state index contributed by atoms with van der Waals surface area (Å²) >= 11 is 1.11. The van der Waals surface area contributed by atoms with Crippen LogP contribution in [0.4, 0.5) is 21.0 Å². The van der Waals surface area contributed by atoms with Gasteiger partial charge in [0.05, 0.1) is 5.69 Å². The van der Waals surface area contributed by atoms with E-state index in [1.807, 2.05) is 0 Å². The molecule has 0 amide bonds. The highest BCUT2D eigenvalue weighted by Gasteiger charge is 2.30. The minimum absolute atomic E-state index is 0.110. The van der Waals surface area contributed by atoms with Gasteiger partial charge in [0.25, 0.3) is 0 Å². The standard InChI is InChI=1S/C21H24FN5O2S/c1-21(2)8-7-14(10-21)24-11-15-9-16(29-27-15)17(28)18-19(23)26-20(30-18)25-13-5-3-12(22)4-6-13/h3-6,9,14,24H,7-8,10-11,23H2,1-2H3,(H,25,26). The Balaban J connectivity index is 1.40. The lowest BCUT2D eigenvalue weighted by atomic mass is 9.92. The van der Waals surface area contributed by atoms with Crippen molar-refractivity contribution in [2.24, 2.45) is 5.41 Å². The van der Waals surface area contributed by atoms with E-state index in [2.05, 4.69) is 34.6 Å². The number of nitrogens with two attached hydrogens (primary N) is 1. The van der Waals surface area contributed by atoms with Crippen molar-refractivity contribution in [2.45, 2.75) is 45.7 Å². The van der Waals surface area contributed by atoms with Crippen LogP contribution in [0.15, 0.2) is 34.9 Å². The van der Waals surface area contributed by atoms with E-state index in [0.717, 1.165) is 24.2 Å². The number of nitrogens with one attached hydrogen (secondary N) is 2.